The highest BCUT2D eigenvalue weighted by Crippen LogP contribution is 2.56. The Labute approximate surface area is 399 Å². The van der Waals surface area contributed by atoms with E-state index in [1.54, 1.807) is 0 Å². The van der Waals surface area contributed by atoms with E-state index >= 15 is 4.79 Å². The molecule has 2 unspecified atom stereocenters. The van der Waals surface area contributed by atoms with E-state index in [0.717, 1.165) is 93.5 Å². The molecule has 2 atom stereocenters. The summed E-state index contributed by atoms with van der Waals surface area (Å²) in [4.78, 5) is 37.1. The molecule has 332 valence electrons. The van der Waals surface area contributed by atoms with Gasteiger partial charge in [-0.1, -0.05) is 146 Å². The topological polar surface area (TPSA) is 55.8 Å². The maximum atomic E-state index is 17.4. The average molecular weight is 885 g/mol. The summed E-state index contributed by atoms with van der Waals surface area (Å²) in [6.45, 7) is 7.22. The number of hydrogen-bond donors (Lipinski definition) is 0. The number of carbonyl (C=O) groups excluding carboxylic acids is 1. The number of carbonyl (C=O) groups is 1. The average Bonchev–Trinajstić information content (AvgIpc) is 3.40. The van der Waals surface area contributed by atoms with Gasteiger partial charge in [0.15, 0.2) is 5.78 Å². The molecule has 0 N–H and O–H groups in total. The first-order chi connectivity index (χ1) is 33.5. The van der Waals surface area contributed by atoms with Crippen LogP contribution in [0.3, 0.4) is 0 Å². The molecule has 0 saturated heterocycles. The quantitative estimate of drug-likeness (QED) is 0.151. The zero-order valence-corrected chi connectivity index (χ0v) is 38.5. The molecule has 12 rings (SSSR count). The molecule has 8 aromatic rings. The van der Waals surface area contributed by atoms with E-state index in [-0.39, 0.29) is 17.9 Å². The Hall–Kier alpha value is -8.03. The fraction of sp³-hybridized carbons (Fsp3) is 0.164. The van der Waals surface area contributed by atoms with Crippen molar-refractivity contribution < 1.29 is 4.79 Å². The summed E-state index contributed by atoms with van der Waals surface area (Å²) in [5.74, 6) is -0.0213. The van der Waals surface area contributed by atoms with Crippen LogP contribution in [0.4, 0.5) is 22.7 Å². The van der Waals surface area contributed by atoms with Crippen molar-refractivity contribution in [2.75, 3.05) is 22.9 Å². The van der Waals surface area contributed by atoms with Crippen LogP contribution in [0, 0.1) is 13.8 Å². The third-order valence-electron chi connectivity index (χ3n) is 14.6. The number of aromatic nitrogens is 2. The number of pyridine rings is 2. The van der Waals surface area contributed by atoms with Crippen molar-refractivity contribution in [3.63, 3.8) is 0 Å². The van der Waals surface area contributed by atoms with Gasteiger partial charge in [0.1, 0.15) is 0 Å². The van der Waals surface area contributed by atoms with Gasteiger partial charge in [-0.25, -0.2) is 0 Å². The second kappa shape index (κ2) is 17.3. The number of benzene rings is 6. The zero-order chi connectivity index (χ0) is 45.7. The van der Waals surface area contributed by atoms with Gasteiger partial charge in [-0.15, -0.1) is 0 Å². The summed E-state index contributed by atoms with van der Waals surface area (Å²) >= 11 is 0. The zero-order valence-electron chi connectivity index (χ0n) is 38.5. The highest BCUT2D eigenvalue weighted by molar-refractivity contribution is 6.45. The van der Waals surface area contributed by atoms with Gasteiger partial charge in [-0.05, 0) is 95.5 Å². The lowest BCUT2D eigenvalue weighted by Crippen LogP contribution is -2.43. The fourth-order valence-electron chi connectivity index (χ4n) is 11.4. The second-order valence-corrected chi connectivity index (χ2v) is 18.5. The molecule has 4 aliphatic heterocycles. The van der Waals surface area contributed by atoms with Crippen molar-refractivity contribution in [3.05, 3.63) is 262 Å². The number of anilines is 4. The summed E-state index contributed by atoms with van der Waals surface area (Å²) in [6.07, 6.45) is 9.34. The summed E-state index contributed by atoms with van der Waals surface area (Å²) in [5, 5.41) is 0. The van der Waals surface area contributed by atoms with E-state index in [1.807, 2.05) is 24.8 Å². The SMILES string of the molecule is Cc1ccccc1N1c2ccncc2C(C(=O)C2=C(N3CCc4ccccc4C3)C(c3ccccc3)N(c3ccccc3C)c3ccncc32)=C(N2CCc3ccccc3C2)C1c1ccccc1. The molecule has 4 aliphatic rings. The van der Waals surface area contributed by atoms with Crippen LogP contribution in [0.1, 0.15) is 67.7 Å². The first-order valence-corrected chi connectivity index (χ1v) is 23.9. The highest BCUT2D eigenvalue weighted by atomic mass is 16.1. The Morgan fingerprint density at radius 2 is 0.824 bits per heavy atom. The van der Waals surface area contributed by atoms with Crippen LogP contribution in [0.2, 0.25) is 0 Å². The summed E-state index contributed by atoms with van der Waals surface area (Å²) in [7, 11) is 0. The Bertz CT molecular complexity index is 3070. The molecule has 2 aromatic heterocycles. The van der Waals surface area contributed by atoms with Crippen LogP contribution in [-0.4, -0.2) is 38.6 Å². The smallest absolute Gasteiger partial charge is 0.198 e. The number of allylic oxidation sites excluding steroid dienone is 2. The largest absolute Gasteiger partial charge is 0.368 e. The van der Waals surface area contributed by atoms with Crippen LogP contribution < -0.4 is 9.80 Å². The van der Waals surface area contributed by atoms with Gasteiger partial charge < -0.3 is 19.6 Å². The normalized spacial score (nSPS) is 17.6. The van der Waals surface area contributed by atoms with Gasteiger partial charge >= 0.3 is 0 Å². The minimum Gasteiger partial charge on any atom is -0.368 e. The molecule has 0 bridgehead atoms. The molecule has 7 nitrogen and oxygen atoms in total. The van der Waals surface area contributed by atoms with Crippen molar-refractivity contribution in [3.8, 4) is 0 Å². The first-order valence-electron chi connectivity index (χ1n) is 23.9. The van der Waals surface area contributed by atoms with Crippen LogP contribution >= 0.6 is 0 Å². The number of rotatable bonds is 8. The van der Waals surface area contributed by atoms with E-state index in [4.69, 9.17) is 9.97 Å². The van der Waals surface area contributed by atoms with Crippen LogP contribution in [-0.2, 0) is 30.7 Å². The Balaban J connectivity index is 1.20. The van der Waals surface area contributed by atoms with Crippen LogP contribution in [0.5, 0.6) is 0 Å². The lowest BCUT2D eigenvalue weighted by atomic mass is 9.79. The number of Topliss-reactive ketones (excluding diaryl/α,β-unsaturated/α-hetero) is 1. The molecule has 0 aliphatic carbocycles. The fourth-order valence-corrected chi connectivity index (χ4v) is 11.4. The number of aryl methyl sites for hydroxylation is 2. The van der Waals surface area contributed by atoms with Crippen molar-refractivity contribution in [1.82, 2.24) is 19.8 Å². The van der Waals surface area contributed by atoms with Gasteiger partial charge in [0, 0.05) is 73.5 Å². The first kappa shape index (κ1) is 41.4. The van der Waals surface area contributed by atoms with E-state index in [9.17, 15) is 0 Å². The monoisotopic (exact) mass is 884 g/mol. The van der Waals surface area contributed by atoms with Crippen molar-refractivity contribution >= 4 is 39.7 Å². The van der Waals surface area contributed by atoms with Gasteiger partial charge in [-0.2, -0.15) is 0 Å². The number of fused-ring (bicyclic) bond motifs is 4. The van der Waals surface area contributed by atoms with Gasteiger partial charge in [-0.3, -0.25) is 14.8 Å². The third kappa shape index (κ3) is 7.00. The number of hydrogen-bond acceptors (Lipinski definition) is 7. The molecule has 0 saturated carbocycles. The van der Waals surface area contributed by atoms with Gasteiger partial charge in [0.2, 0.25) is 0 Å². The molecule has 0 spiro atoms. The molecule has 0 amide bonds. The minimum atomic E-state index is -0.354. The third-order valence-corrected chi connectivity index (χ3v) is 14.6. The Morgan fingerprint density at radius 1 is 0.441 bits per heavy atom. The maximum absolute atomic E-state index is 17.4. The van der Waals surface area contributed by atoms with Crippen LogP contribution in [0.15, 0.2) is 206 Å². The van der Waals surface area contributed by atoms with Crippen molar-refractivity contribution in [2.45, 2.75) is 51.9 Å². The van der Waals surface area contributed by atoms with E-state index in [2.05, 4.69) is 203 Å². The van der Waals surface area contributed by atoms with Gasteiger partial charge in [0.25, 0.3) is 0 Å². The molecule has 6 aromatic carbocycles. The number of para-hydroxylation sites is 2. The molecule has 68 heavy (non-hydrogen) atoms. The lowest BCUT2D eigenvalue weighted by Gasteiger charge is -2.48. The molecule has 0 fully saturated rings. The van der Waals surface area contributed by atoms with Crippen molar-refractivity contribution in [1.29, 1.82) is 0 Å². The summed E-state index contributed by atoms with van der Waals surface area (Å²) < 4.78 is 0. The Kier molecular flexibility index (Phi) is 10.5. The van der Waals surface area contributed by atoms with E-state index < -0.39 is 0 Å². The number of nitrogens with zero attached hydrogens (tertiary/aromatic N) is 6. The molecule has 7 heteroatoms. The standard InChI is InChI=1S/C61H52N6O/c1-41-17-9-15-27-51(41)66-53-29-33-62-37-49(53)55(59(57(66)45-21-5-3-6-22-45)64-35-31-43-19-11-13-25-47(43)39-64)61(68)56-50-38-63-34-30-54(50)67(52-28-16-10-18-42(52)2)58(46-23-7-4-8-24-46)60(56)65-36-32-44-20-12-14-26-48(44)40-65/h3-30,33-34,37-38,57-58H,31-32,35-36,39-40H2,1-2H3. The maximum Gasteiger partial charge on any atom is 0.198 e. The van der Waals surface area contributed by atoms with Gasteiger partial charge in [0.05, 0.1) is 46.0 Å². The summed E-state index contributed by atoms with van der Waals surface area (Å²) in [6, 6.07) is 59.9. The molecule has 0 radical (unpaired) electrons. The van der Waals surface area contributed by atoms with Crippen LogP contribution in [0.25, 0.3) is 11.1 Å². The molecular weight excluding hydrogens is 833 g/mol. The molecular formula is C61H52N6O. The Morgan fingerprint density at radius 3 is 1.25 bits per heavy atom. The molecule has 6 heterocycles. The van der Waals surface area contributed by atoms with E-state index in [0.29, 0.717) is 24.2 Å². The van der Waals surface area contributed by atoms with Crippen molar-refractivity contribution in [2.24, 2.45) is 0 Å². The van der Waals surface area contributed by atoms with E-state index in [1.165, 1.54) is 22.3 Å². The minimum absolute atomic E-state index is 0.0213. The summed E-state index contributed by atoms with van der Waals surface area (Å²) in [5.41, 5.74) is 18.8. The second-order valence-electron chi connectivity index (χ2n) is 18.5. The predicted molar refractivity (Wildman–Crippen MR) is 273 cm³/mol. The predicted octanol–water partition coefficient (Wildman–Crippen LogP) is 12.7. The highest BCUT2D eigenvalue weighted by Gasteiger charge is 2.46. The number of ketones is 1. The lowest BCUT2D eigenvalue weighted by molar-refractivity contribution is -0.109.